The van der Waals surface area contributed by atoms with Gasteiger partial charge in [-0.05, 0) is 84.9 Å². The summed E-state index contributed by atoms with van der Waals surface area (Å²) in [7, 11) is 0. The Morgan fingerprint density at radius 3 is 1.95 bits per heavy atom. The summed E-state index contributed by atoms with van der Waals surface area (Å²) in [6.07, 6.45) is 15.0. The Morgan fingerprint density at radius 2 is 1.30 bits per heavy atom. The van der Waals surface area contributed by atoms with Crippen molar-refractivity contribution in [2.75, 3.05) is 0 Å². The van der Waals surface area contributed by atoms with E-state index in [0.29, 0.717) is 5.69 Å². The fraction of sp³-hybridized carbons (Fsp3) is 0.361. The van der Waals surface area contributed by atoms with Crippen molar-refractivity contribution < 1.29 is 20.1 Å². The van der Waals surface area contributed by atoms with E-state index < -0.39 is 0 Å². The van der Waals surface area contributed by atoms with E-state index in [1.165, 1.54) is 56.9 Å². The molecule has 2 heterocycles. The molecule has 4 aromatic rings. The summed E-state index contributed by atoms with van der Waals surface area (Å²) in [6.45, 7) is 6.89. The van der Waals surface area contributed by atoms with Crippen LogP contribution in [0.1, 0.15) is 105 Å². The van der Waals surface area contributed by atoms with Crippen molar-refractivity contribution in [1.29, 1.82) is 0 Å². The second-order valence-electron chi connectivity index (χ2n) is 11.3. The summed E-state index contributed by atoms with van der Waals surface area (Å²) in [5.41, 5.74) is 11.1. The summed E-state index contributed by atoms with van der Waals surface area (Å²) in [4.78, 5) is 12.4. The predicted octanol–water partition coefficient (Wildman–Crippen LogP) is 9.79. The average Bonchev–Trinajstić information content (AvgIpc) is 3.03. The number of hydrogen-bond acceptors (Lipinski definition) is 2. The smallest absolute Gasteiger partial charge is 0.108 e. The molecule has 0 unspecified atom stereocenters. The normalized spacial score (nSPS) is 22.8. The molecule has 205 valence electrons. The number of pyridine rings is 2. The molecule has 4 heteroatoms. The average molecular weight is 702 g/mol. The molecule has 0 aliphatic heterocycles. The van der Waals surface area contributed by atoms with Gasteiger partial charge in [0.15, 0.2) is 0 Å². The molecule has 6 aliphatic carbocycles. The molecule has 0 N–H and O–H groups in total. The fourth-order valence-electron chi connectivity index (χ4n) is 7.32. The van der Waals surface area contributed by atoms with Crippen LogP contribution in [0.15, 0.2) is 67.0 Å². The molecule has 0 spiro atoms. The Balaban J connectivity index is 0.000000175. The van der Waals surface area contributed by atoms with Gasteiger partial charge in [0.25, 0.3) is 0 Å². The topological polar surface area (TPSA) is 30.1 Å². The number of nitrogens with zero attached hydrogens (tertiary/aromatic N) is 3. The van der Waals surface area contributed by atoms with Gasteiger partial charge in [0.2, 0.25) is 0 Å². The van der Waals surface area contributed by atoms with Gasteiger partial charge in [-0.15, -0.1) is 58.7 Å². The zero-order chi connectivity index (χ0) is 25.5. The van der Waals surface area contributed by atoms with Gasteiger partial charge in [-0.2, -0.15) is 6.07 Å². The molecule has 0 saturated heterocycles. The van der Waals surface area contributed by atoms with Gasteiger partial charge in [0.05, 0.1) is 6.57 Å². The first-order valence-electron chi connectivity index (χ1n) is 14.1. The van der Waals surface area contributed by atoms with E-state index in [0.717, 1.165) is 40.6 Å². The van der Waals surface area contributed by atoms with Crippen LogP contribution in [0.5, 0.6) is 0 Å². The van der Waals surface area contributed by atoms with Gasteiger partial charge in [-0.3, -0.25) is 4.85 Å². The number of benzene rings is 2. The Morgan fingerprint density at radius 1 is 0.675 bits per heavy atom. The van der Waals surface area contributed by atoms with Gasteiger partial charge in [0, 0.05) is 32.5 Å². The van der Waals surface area contributed by atoms with Crippen LogP contribution < -0.4 is 0 Å². The van der Waals surface area contributed by atoms with E-state index in [2.05, 4.69) is 46.4 Å². The molecule has 2 saturated carbocycles. The first-order valence-corrected chi connectivity index (χ1v) is 14.1. The standard InChI is InChI=1S/C23H24N.C12H7N2.CH4.Ir/c1-3-15-4-2-14(1)19-10-9-18(11-20(15)19)23-12-21-16-5-7-17(8-6-16)22(21)13-24-23;1-13-11-6-4-5-10(9-11)12-7-2-3-8-14-12;;/h10-17H,1-8H2;2-4,6-9H;1H4;/q2*-1;;. The maximum absolute atomic E-state index is 6.89. The minimum absolute atomic E-state index is 0. The van der Waals surface area contributed by atoms with Crippen LogP contribution in [0.3, 0.4) is 0 Å². The number of fused-ring (bicyclic) bond motifs is 4. The second-order valence-corrected chi connectivity index (χ2v) is 11.3. The first-order chi connectivity index (χ1) is 18.8. The number of rotatable bonds is 2. The van der Waals surface area contributed by atoms with Crippen molar-refractivity contribution in [2.45, 2.75) is 82.5 Å². The quantitative estimate of drug-likeness (QED) is 0.195. The minimum atomic E-state index is 0. The maximum atomic E-state index is 6.89. The van der Waals surface area contributed by atoms with Crippen LogP contribution in [0.2, 0.25) is 0 Å². The van der Waals surface area contributed by atoms with Crippen LogP contribution >= 0.6 is 0 Å². The number of hydrogen-bond donors (Lipinski definition) is 0. The molecule has 1 radical (unpaired) electrons. The zero-order valence-electron chi connectivity index (χ0n) is 22.0. The Hall–Kier alpha value is -3.12. The molecule has 2 fully saturated rings. The Labute approximate surface area is 252 Å². The largest absolute Gasteiger partial charge is 0.305 e. The molecule has 3 nitrogen and oxygen atoms in total. The van der Waals surface area contributed by atoms with Crippen LogP contribution in [-0.2, 0) is 20.1 Å². The molecular formula is C36H35IrN3-2. The van der Waals surface area contributed by atoms with E-state index in [9.17, 15) is 0 Å². The second kappa shape index (κ2) is 12.2. The monoisotopic (exact) mass is 702 g/mol. The predicted molar refractivity (Wildman–Crippen MR) is 158 cm³/mol. The van der Waals surface area contributed by atoms with Gasteiger partial charge in [0.1, 0.15) is 5.69 Å². The third-order valence-corrected chi connectivity index (χ3v) is 9.33. The summed E-state index contributed by atoms with van der Waals surface area (Å²) >= 11 is 0. The van der Waals surface area contributed by atoms with Crippen molar-refractivity contribution in [3.8, 4) is 22.5 Å². The maximum Gasteiger partial charge on any atom is 0.108 e. The Bertz CT molecular complexity index is 1440. The third kappa shape index (κ3) is 5.30. The number of aromatic nitrogens is 2. The molecule has 40 heavy (non-hydrogen) atoms. The molecule has 0 atom stereocenters. The van der Waals surface area contributed by atoms with Crippen molar-refractivity contribution in [1.82, 2.24) is 9.97 Å². The van der Waals surface area contributed by atoms with Crippen molar-refractivity contribution in [3.63, 3.8) is 0 Å². The van der Waals surface area contributed by atoms with E-state index in [1.807, 2.05) is 18.2 Å². The van der Waals surface area contributed by atoms with Crippen LogP contribution in [0, 0.1) is 18.7 Å². The van der Waals surface area contributed by atoms with E-state index in [4.69, 9.17) is 11.6 Å². The fourth-order valence-corrected chi connectivity index (χ4v) is 7.32. The summed E-state index contributed by atoms with van der Waals surface area (Å²) in [5, 5.41) is 0. The van der Waals surface area contributed by atoms with E-state index in [1.54, 1.807) is 46.6 Å². The molecule has 4 bridgehead atoms. The summed E-state index contributed by atoms with van der Waals surface area (Å²) in [6, 6.07) is 24.7. The van der Waals surface area contributed by atoms with Gasteiger partial charge >= 0.3 is 0 Å². The first kappa shape index (κ1) is 28.4. The zero-order valence-corrected chi connectivity index (χ0v) is 24.4. The van der Waals surface area contributed by atoms with Crippen molar-refractivity contribution in [3.05, 3.63) is 113 Å². The molecule has 6 aliphatic rings. The van der Waals surface area contributed by atoms with Crippen LogP contribution in [0.4, 0.5) is 5.69 Å². The summed E-state index contributed by atoms with van der Waals surface area (Å²) in [5.74, 6) is 3.18. The van der Waals surface area contributed by atoms with E-state index >= 15 is 0 Å². The molecule has 0 amide bonds. The SMILES string of the molecule is C.[C-]#[N+]c1cc[c-]c(-c2ccccn2)c1.[Ir].[c-]1cc2c(cc1-c1cc3c(cn1)C1CCC3CC1)C1CCC2CC1. The molecular weight excluding hydrogens is 667 g/mol. The van der Waals surface area contributed by atoms with Gasteiger partial charge < -0.3 is 9.97 Å². The minimum Gasteiger partial charge on any atom is -0.305 e. The Kier molecular flexibility index (Phi) is 8.65. The van der Waals surface area contributed by atoms with Crippen LogP contribution in [0.25, 0.3) is 27.4 Å². The van der Waals surface area contributed by atoms with Crippen LogP contribution in [-0.4, -0.2) is 9.97 Å². The van der Waals surface area contributed by atoms with Gasteiger partial charge in [-0.25, -0.2) is 0 Å². The van der Waals surface area contributed by atoms with E-state index in [-0.39, 0.29) is 27.5 Å². The molecule has 10 rings (SSSR count). The molecule has 2 aromatic carbocycles. The van der Waals surface area contributed by atoms with Gasteiger partial charge in [-0.1, -0.05) is 44.4 Å². The summed E-state index contributed by atoms with van der Waals surface area (Å²) < 4.78 is 0. The van der Waals surface area contributed by atoms with Crippen molar-refractivity contribution in [2.24, 2.45) is 0 Å². The molecule has 2 aromatic heterocycles. The van der Waals surface area contributed by atoms with Crippen molar-refractivity contribution >= 4 is 5.69 Å². The third-order valence-electron chi connectivity index (χ3n) is 9.33.